The zero-order valence-corrected chi connectivity index (χ0v) is 13.9. The Kier molecular flexibility index (Phi) is 6.69. The molecule has 0 aromatic heterocycles. The lowest BCUT2D eigenvalue weighted by molar-refractivity contribution is -0.121. The molecule has 0 aliphatic heterocycles. The topological polar surface area (TPSA) is 58.4 Å². The van der Waals surface area contributed by atoms with Crippen molar-refractivity contribution in [3.8, 4) is 0 Å². The predicted octanol–water partition coefficient (Wildman–Crippen LogP) is 2.46. The van der Waals surface area contributed by atoms with Crippen LogP contribution >= 0.6 is 0 Å². The molecule has 1 amide bonds. The number of nitrogens with zero attached hydrogens (tertiary/aromatic N) is 1. The molecule has 0 bridgehead atoms. The van der Waals surface area contributed by atoms with Gasteiger partial charge in [0.2, 0.25) is 5.91 Å². The normalized spacial score (nSPS) is 14.2. The number of nitrogens with one attached hydrogen (secondary N) is 1. The number of carbonyl (C=O) groups excluding carboxylic acids is 1. The van der Waals surface area contributed by atoms with E-state index in [9.17, 15) is 4.79 Å². The summed E-state index contributed by atoms with van der Waals surface area (Å²) in [6, 6.07) is 8.10. The first kappa shape index (κ1) is 17.5. The highest BCUT2D eigenvalue weighted by atomic mass is 16.1. The number of amides is 1. The van der Waals surface area contributed by atoms with Gasteiger partial charge in [0.1, 0.15) is 0 Å². The fourth-order valence-corrected chi connectivity index (χ4v) is 2.53. The molecule has 118 valence electrons. The molecule has 0 spiro atoms. The zero-order chi connectivity index (χ0) is 16.0. The molecule has 1 aromatic carbocycles. The van der Waals surface area contributed by atoms with Gasteiger partial charge in [-0.05, 0) is 43.6 Å². The third kappa shape index (κ3) is 5.76. The molecule has 0 heterocycles. The molecule has 21 heavy (non-hydrogen) atoms. The highest BCUT2D eigenvalue weighted by Gasteiger charge is 2.17. The number of likely N-dealkylation sites (N-methyl/N-ethyl adjacent to an activating group) is 1. The summed E-state index contributed by atoms with van der Waals surface area (Å²) < 4.78 is 0. The lowest BCUT2D eigenvalue weighted by Gasteiger charge is -2.28. The van der Waals surface area contributed by atoms with Gasteiger partial charge < -0.3 is 16.0 Å². The van der Waals surface area contributed by atoms with Crippen LogP contribution in [0.1, 0.15) is 38.7 Å². The molecule has 3 N–H and O–H groups in total. The van der Waals surface area contributed by atoms with E-state index in [2.05, 4.69) is 31.0 Å². The van der Waals surface area contributed by atoms with Crippen molar-refractivity contribution in [1.29, 1.82) is 0 Å². The summed E-state index contributed by atoms with van der Waals surface area (Å²) in [5.74, 6) is 0.809. The van der Waals surface area contributed by atoms with E-state index in [4.69, 9.17) is 5.73 Å². The molecule has 0 aliphatic carbocycles. The Morgan fingerprint density at radius 2 is 1.76 bits per heavy atom. The number of benzene rings is 1. The van der Waals surface area contributed by atoms with Crippen molar-refractivity contribution in [1.82, 2.24) is 10.2 Å². The third-order valence-corrected chi connectivity index (χ3v) is 3.94. The molecule has 0 saturated carbocycles. The molecule has 2 unspecified atom stereocenters. The van der Waals surface area contributed by atoms with Gasteiger partial charge in [0.15, 0.2) is 0 Å². The summed E-state index contributed by atoms with van der Waals surface area (Å²) in [7, 11) is 4.10. The second kappa shape index (κ2) is 8.03. The molecule has 0 fully saturated rings. The quantitative estimate of drug-likeness (QED) is 0.759. The minimum Gasteiger partial charge on any atom is -0.399 e. The number of carbonyl (C=O) groups is 1. The fraction of sp³-hybridized carbons (Fsp3) is 0.588. The van der Waals surface area contributed by atoms with Crippen LogP contribution in [0.15, 0.2) is 24.3 Å². The van der Waals surface area contributed by atoms with Gasteiger partial charge in [0, 0.05) is 24.7 Å². The van der Waals surface area contributed by atoms with Gasteiger partial charge in [-0.2, -0.15) is 0 Å². The van der Waals surface area contributed by atoms with Crippen LogP contribution in [0.3, 0.4) is 0 Å². The van der Waals surface area contributed by atoms with Gasteiger partial charge in [-0.3, -0.25) is 4.79 Å². The molecule has 0 saturated heterocycles. The van der Waals surface area contributed by atoms with Crippen molar-refractivity contribution in [2.45, 2.75) is 39.2 Å². The number of anilines is 1. The van der Waals surface area contributed by atoms with Crippen LogP contribution < -0.4 is 11.1 Å². The maximum Gasteiger partial charge on any atom is 0.220 e. The van der Waals surface area contributed by atoms with E-state index >= 15 is 0 Å². The maximum atomic E-state index is 12.1. The smallest absolute Gasteiger partial charge is 0.220 e. The standard InChI is InChI=1S/C17H29N3O/c1-12(2)16(20(4)5)11-19-17(21)10-13(3)14-6-8-15(18)9-7-14/h6-9,12-13,16H,10-11,18H2,1-5H3,(H,19,21). The van der Waals surface area contributed by atoms with Crippen molar-refractivity contribution in [2.75, 3.05) is 26.4 Å². The SMILES string of the molecule is CC(CC(=O)NCC(C(C)C)N(C)C)c1ccc(N)cc1. The largest absolute Gasteiger partial charge is 0.399 e. The average molecular weight is 291 g/mol. The monoisotopic (exact) mass is 291 g/mol. The Balaban J connectivity index is 2.48. The molecule has 0 radical (unpaired) electrons. The number of hydrogen-bond donors (Lipinski definition) is 2. The van der Waals surface area contributed by atoms with Gasteiger partial charge in [-0.15, -0.1) is 0 Å². The summed E-state index contributed by atoms with van der Waals surface area (Å²) in [6.07, 6.45) is 0.502. The summed E-state index contributed by atoms with van der Waals surface area (Å²) in [4.78, 5) is 14.3. The minimum absolute atomic E-state index is 0.104. The first-order valence-electron chi connectivity index (χ1n) is 7.59. The van der Waals surface area contributed by atoms with E-state index in [0.717, 1.165) is 11.3 Å². The first-order chi connectivity index (χ1) is 9.81. The molecular weight excluding hydrogens is 262 g/mol. The van der Waals surface area contributed by atoms with Crippen molar-refractivity contribution >= 4 is 11.6 Å². The molecular formula is C17H29N3O. The fourth-order valence-electron chi connectivity index (χ4n) is 2.53. The van der Waals surface area contributed by atoms with E-state index in [0.29, 0.717) is 24.9 Å². The van der Waals surface area contributed by atoms with Crippen molar-refractivity contribution in [3.63, 3.8) is 0 Å². The Labute approximate surface area is 128 Å². The first-order valence-corrected chi connectivity index (χ1v) is 7.59. The summed E-state index contributed by atoms with van der Waals surface area (Å²) >= 11 is 0. The summed E-state index contributed by atoms with van der Waals surface area (Å²) in [5, 5.41) is 3.05. The Hall–Kier alpha value is -1.55. The van der Waals surface area contributed by atoms with Gasteiger partial charge >= 0.3 is 0 Å². The number of hydrogen-bond acceptors (Lipinski definition) is 3. The number of nitrogen functional groups attached to an aromatic ring is 1. The van der Waals surface area contributed by atoms with Crippen molar-refractivity contribution in [2.24, 2.45) is 5.92 Å². The molecule has 1 aromatic rings. The zero-order valence-electron chi connectivity index (χ0n) is 13.9. The van der Waals surface area contributed by atoms with E-state index in [1.165, 1.54) is 0 Å². The Bertz CT molecular complexity index is 432. The molecule has 1 rings (SSSR count). The number of rotatable bonds is 7. The number of nitrogens with two attached hydrogens (primary N) is 1. The van der Waals surface area contributed by atoms with E-state index in [1.54, 1.807) is 0 Å². The lowest BCUT2D eigenvalue weighted by Crippen LogP contribution is -2.43. The van der Waals surface area contributed by atoms with Crippen molar-refractivity contribution in [3.05, 3.63) is 29.8 Å². The van der Waals surface area contributed by atoms with Crippen LogP contribution in [0.25, 0.3) is 0 Å². The lowest BCUT2D eigenvalue weighted by atomic mass is 9.97. The third-order valence-electron chi connectivity index (χ3n) is 3.94. The van der Waals surface area contributed by atoms with Gasteiger partial charge in [0.05, 0.1) is 0 Å². The molecule has 2 atom stereocenters. The predicted molar refractivity (Wildman–Crippen MR) is 89.2 cm³/mol. The van der Waals surface area contributed by atoms with Crippen LogP contribution in [-0.4, -0.2) is 37.5 Å². The van der Waals surface area contributed by atoms with Crippen LogP contribution in [0.4, 0.5) is 5.69 Å². The molecule has 4 nitrogen and oxygen atoms in total. The van der Waals surface area contributed by atoms with Crippen LogP contribution in [0.5, 0.6) is 0 Å². The van der Waals surface area contributed by atoms with Crippen LogP contribution in [0, 0.1) is 5.92 Å². The van der Waals surface area contributed by atoms with E-state index < -0.39 is 0 Å². The van der Waals surface area contributed by atoms with Crippen molar-refractivity contribution < 1.29 is 4.79 Å². The van der Waals surface area contributed by atoms with E-state index in [-0.39, 0.29) is 11.8 Å². The highest BCUT2D eigenvalue weighted by Crippen LogP contribution is 2.20. The minimum atomic E-state index is 0.104. The average Bonchev–Trinajstić information content (AvgIpc) is 2.38. The second-order valence-electron chi connectivity index (χ2n) is 6.35. The van der Waals surface area contributed by atoms with Crippen LogP contribution in [0.2, 0.25) is 0 Å². The molecule has 4 heteroatoms. The van der Waals surface area contributed by atoms with E-state index in [1.807, 2.05) is 38.4 Å². The van der Waals surface area contributed by atoms with Gasteiger partial charge in [-0.25, -0.2) is 0 Å². The summed E-state index contributed by atoms with van der Waals surface area (Å²) in [6.45, 7) is 7.11. The summed E-state index contributed by atoms with van der Waals surface area (Å²) in [5.41, 5.74) is 7.58. The Morgan fingerprint density at radius 3 is 2.24 bits per heavy atom. The highest BCUT2D eigenvalue weighted by molar-refractivity contribution is 5.76. The molecule has 0 aliphatic rings. The maximum absolute atomic E-state index is 12.1. The van der Waals surface area contributed by atoms with Gasteiger partial charge in [-0.1, -0.05) is 32.9 Å². The second-order valence-corrected chi connectivity index (χ2v) is 6.35. The Morgan fingerprint density at radius 1 is 1.19 bits per heavy atom. The van der Waals surface area contributed by atoms with Gasteiger partial charge in [0.25, 0.3) is 0 Å². The van der Waals surface area contributed by atoms with Crippen LogP contribution in [-0.2, 0) is 4.79 Å².